The van der Waals surface area contributed by atoms with Crippen molar-refractivity contribution in [3.63, 3.8) is 0 Å². The molecule has 1 aliphatic rings. The number of nitrogens with zero attached hydrogens (tertiary/aromatic N) is 1. The summed E-state index contributed by atoms with van der Waals surface area (Å²) in [4.78, 5) is 26.1. The van der Waals surface area contributed by atoms with E-state index in [9.17, 15) is 14.0 Å². The minimum atomic E-state index is -0.203. The molecule has 0 bridgehead atoms. The number of anilines is 1. The molecule has 0 spiro atoms. The number of hydrogen-bond acceptors (Lipinski definition) is 4. The Kier molecular flexibility index (Phi) is 5.48. The largest absolute Gasteiger partial charge is 0.369 e. The number of thiophene rings is 1. The number of amides is 1. The monoisotopic (exact) mass is 360 g/mol. The molecule has 1 aromatic carbocycles. The number of Topliss-reactive ketones (excluding diaryl/α,β-unsaturated/α-hetero) is 1. The van der Waals surface area contributed by atoms with Crippen molar-refractivity contribution >= 4 is 28.7 Å². The summed E-state index contributed by atoms with van der Waals surface area (Å²) in [5.74, 6) is 0.0952. The zero-order valence-electron chi connectivity index (χ0n) is 14.1. The highest BCUT2D eigenvalue weighted by Gasteiger charge is 2.24. The molecule has 1 amide bonds. The first kappa shape index (κ1) is 17.6. The predicted molar refractivity (Wildman–Crippen MR) is 97.8 cm³/mol. The van der Waals surface area contributed by atoms with Gasteiger partial charge in [-0.3, -0.25) is 9.59 Å². The van der Waals surface area contributed by atoms with Crippen molar-refractivity contribution in [2.45, 2.75) is 19.8 Å². The Balaban J connectivity index is 1.46. The van der Waals surface area contributed by atoms with E-state index in [2.05, 4.69) is 5.32 Å². The molecule has 1 fully saturated rings. The van der Waals surface area contributed by atoms with Gasteiger partial charge >= 0.3 is 0 Å². The zero-order valence-corrected chi connectivity index (χ0v) is 14.9. The molecule has 2 aromatic rings. The number of carbonyl (C=O) groups is 2. The lowest BCUT2D eigenvalue weighted by atomic mass is 10.1. The first-order valence-electron chi connectivity index (χ1n) is 8.37. The fourth-order valence-corrected chi connectivity index (χ4v) is 3.90. The van der Waals surface area contributed by atoms with Crippen LogP contribution in [0.3, 0.4) is 0 Å². The van der Waals surface area contributed by atoms with Crippen LogP contribution in [0, 0.1) is 11.7 Å². The van der Waals surface area contributed by atoms with Crippen molar-refractivity contribution in [1.82, 2.24) is 5.32 Å². The minimum Gasteiger partial charge on any atom is -0.369 e. The summed E-state index contributed by atoms with van der Waals surface area (Å²) in [7, 11) is 0. The molecule has 2 heterocycles. The second-order valence-corrected chi connectivity index (χ2v) is 7.32. The van der Waals surface area contributed by atoms with Gasteiger partial charge in [-0.05, 0) is 48.4 Å². The number of benzene rings is 1. The van der Waals surface area contributed by atoms with Crippen LogP contribution in [0.1, 0.15) is 28.6 Å². The van der Waals surface area contributed by atoms with Crippen LogP contribution < -0.4 is 10.2 Å². The maximum Gasteiger partial charge on any atom is 0.224 e. The van der Waals surface area contributed by atoms with Crippen molar-refractivity contribution in [2.24, 2.45) is 5.92 Å². The van der Waals surface area contributed by atoms with E-state index in [1.165, 1.54) is 24.3 Å². The first-order chi connectivity index (χ1) is 12.0. The highest BCUT2D eigenvalue weighted by molar-refractivity contribution is 7.12. The zero-order chi connectivity index (χ0) is 17.8. The van der Waals surface area contributed by atoms with E-state index in [0.717, 1.165) is 25.1 Å². The van der Waals surface area contributed by atoms with Crippen molar-refractivity contribution in [1.29, 1.82) is 0 Å². The number of nitrogens with one attached hydrogen (secondary N) is 1. The van der Waals surface area contributed by atoms with E-state index in [4.69, 9.17) is 0 Å². The SMILES string of the molecule is CC(=O)c1cc(CC(=O)NC[C@H]2CCN(c3ccccc3F)C2)cs1. The molecule has 3 rings (SSSR count). The average Bonchev–Trinajstić information content (AvgIpc) is 3.23. The van der Waals surface area contributed by atoms with Crippen LogP contribution in [0.25, 0.3) is 0 Å². The van der Waals surface area contributed by atoms with Gasteiger partial charge in [0.15, 0.2) is 5.78 Å². The summed E-state index contributed by atoms with van der Waals surface area (Å²) in [5, 5.41) is 4.81. The van der Waals surface area contributed by atoms with Gasteiger partial charge in [-0.15, -0.1) is 11.3 Å². The second kappa shape index (κ2) is 7.78. The summed E-state index contributed by atoms with van der Waals surface area (Å²) >= 11 is 1.37. The molecule has 0 aliphatic carbocycles. The molecule has 1 atom stereocenters. The standard InChI is InChI=1S/C19H21FN2O2S/c1-13(23)18-8-15(12-25-18)9-19(24)21-10-14-6-7-22(11-14)17-5-3-2-4-16(17)20/h2-5,8,12,14H,6-7,9-11H2,1H3,(H,21,24)/t14-/m1/s1. The number of rotatable bonds is 6. The van der Waals surface area contributed by atoms with E-state index in [1.807, 2.05) is 16.3 Å². The van der Waals surface area contributed by atoms with Crippen molar-refractivity contribution in [3.8, 4) is 0 Å². The van der Waals surface area contributed by atoms with E-state index in [1.54, 1.807) is 18.2 Å². The molecule has 4 nitrogen and oxygen atoms in total. The average molecular weight is 360 g/mol. The number of para-hydroxylation sites is 1. The first-order valence-corrected chi connectivity index (χ1v) is 9.25. The maximum atomic E-state index is 13.8. The summed E-state index contributed by atoms with van der Waals surface area (Å²) in [5.41, 5.74) is 1.50. The van der Waals surface area contributed by atoms with Crippen LogP contribution in [-0.2, 0) is 11.2 Å². The summed E-state index contributed by atoms with van der Waals surface area (Å²) in [6.45, 7) is 3.66. The second-order valence-electron chi connectivity index (χ2n) is 6.41. The molecule has 6 heteroatoms. The van der Waals surface area contributed by atoms with Gasteiger partial charge in [-0.2, -0.15) is 0 Å². The number of hydrogen-bond donors (Lipinski definition) is 1. The van der Waals surface area contributed by atoms with Gasteiger partial charge in [0.05, 0.1) is 17.0 Å². The smallest absolute Gasteiger partial charge is 0.224 e. The molecule has 1 N–H and O–H groups in total. The van der Waals surface area contributed by atoms with E-state index in [0.29, 0.717) is 23.0 Å². The third-order valence-corrected chi connectivity index (χ3v) is 5.51. The van der Waals surface area contributed by atoms with Crippen LogP contribution in [0.2, 0.25) is 0 Å². The normalized spacial score (nSPS) is 16.9. The van der Waals surface area contributed by atoms with E-state index >= 15 is 0 Å². The fraction of sp³-hybridized carbons (Fsp3) is 0.368. The Morgan fingerprint density at radius 3 is 2.88 bits per heavy atom. The van der Waals surface area contributed by atoms with Crippen LogP contribution in [0.15, 0.2) is 35.7 Å². The third kappa shape index (κ3) is 4.45. The molecule has 0 unspecified atom stereocenters. The van der Waals surface area contributed by atoms with Gasteiger partial charge in [-0.25, -0.2) is 4.39 Å². The summed E-state index contributed by atoms with van der Waals surface area (Å²) < 4.78 is 13.8. The number of ketones is 1. The Hall–Kier alpha value is -2.21. The third-order valence-electron chi connectivity index (χ3n) is 4.43. The highest BCUT2D eigenvalue weighted by atomic mass is 32.1. The van der Waals surface area contributed by atoms with Crippen LogP contribution in [-0.4, -0.2) is 31.3 Å². The fourth-order valence-electron chi connectivity index (χ4n) is 3.09. The number of halogens is 1. The molecule has 0 saturated carbocycles. The highest BCUT2D eigenvalue weighted by Crippen LogP contribution is 2.25. The maximum absolute atomic E-state index is 13.8. The Labute approximate surface area is 150 Å². The molecular formula is C19H21FN2O2S. The van der Waals surface area contributed by atoms with Gasteiger partial charge in [0.1, 0.15) is 5.82 Å². The van der Waals surface area contributed by atoms with Crippen LogP contribution in [0.4, 0.5) is 10.1 Å². The number of carbonyl (C=O) groups excluding carboxylic acids is 2. The van der Waals surface area contributed by atoms with Crippen molar-refractivity contribution < 1.29 is 14.0 Å². The summed E-state index contributed by atoms with van der Waals surface area (Å²) in [6, 6.07) is 8.57. The molecule has 0 radical (unpaired) electrons. The topological polar surface area (TPSA) is 49.4 Å². The van der Waals surface area contributed by atoms with Crippen LogP contribution in [0.5, 0.6) is 0 Å². The predicted octanol–water partition coefficient (Wildman–Crippen LogP) is 3.28. The lowest BCUT2D eigenvalue weighted by molar-refractivity contribution is -0.120. The van der Waals surface area contributed by atoms with Gasteiger partial charge < -0.3 is 10.2 Å². The van der Waals surface area contributed by atoms with Gasteiger partial charge in [0, 0.05) is 19.6 Å². The minimum absolute atomic E-state index is 0.0239. The Morgan fingerprint density at radius 2 is 2.16 bits per heavy atom. The Morgan fingerprint density at radius 1 is 1.36 bits per heavy atom. The van der Waals surface area contributed by atoms with Gasteiger partial charge in [0.25, 0.3) is 0 Å². The quantitative estimate of drug-likeness (QED) is 0.805. The van der Waals surface area contributed by atoms with Gasteiger partial charge in [0.2, 0.25) is 5.91 Å². The van der Waals surface area contributed by atoms with E-state index in [-0.39, 0.29) is 23.9 Å². The lowest BCUT2D eigenvalue weighted by Gasteiger charge is -2.19. The Bertz CT molecular complexity index is 774. The summed E-state index contributed by atoms with van der Waals surface area (Å²) in [6.07, 6.45) is 1.22. The van der Waals surface area contributed by atoms with Crippen LogP contribution >= 0.6 is 11.3 Å². The van der Waals surface area contributed by atoms with Gasteiger partial charge in [-0.1, -0.05) is 12.1 Å². The van der Waals surface area contributed by atoms with E-state index < -0.39 is 0 Å². The van der Waals surface area contributed by atoms with Crippen molar-refractivity contribution in [3.05, 3.63) is 52.0 Å². The lowest BCUT2D eigenvalue weighted by Crippen LogP contribution is -2.32. The molecule has 25 heavy (non-hydrogen) atoms. The molecule has 1 saturated heterocycles. The molecular weight excluding hydrogens is 339 g/mol. The van der Waals surface area contributed by atoms with Crippen molar-refractivity contribution in [2.75, 3.05) is 24.5 Å². The molecule has 1 aromatic heterocycles. The molecule has 1 aliphatic heterocycles. The molecule has 132 valence electrons.